The third kappa shape index (κ3) is 0.943. The normalized spacial score (nSPS) is 42.6. The van der Waals surface area contributed by atoms with Gasteiger partial charge in [0.15, 0.2) is 5.83 Å². The van der Waals surface area contributed by atoms with Gasteiger partial charge in [-0.05, 0) is 5.06 Å². The van der Waals surface area contributed by atoms with Crippen molar-refractivity contribution < 1.29 is 40.0 Å². The van der Waals surface area contributed by atoms with E-state index in [2.05, 4.69) is 4.84 Å². The second-order valence-electron chi connectivity index (χ2n) is 3.19. The van der Waals surface area contributed by atoms with Gasteiger partial charge in [0.2, 0.25) is 0 Å². The zero-order chi connectivity index (χ0) is 12.6. The van der Waals surface area contributed by atoms with E-state index in [1.54, 1.807) is 0 Å². The minimum Gasteiger partial charge on any atom is -0.233 e. The van der Waals surface area contributed by atoms with E-state index in [0.29, 0.717) is 0 Å². The highest BCUT2D eigenvalue weighted by Crippen LogP contribution is 2.64. The quantitative estimate of drug-likeness (QED) is 0.487. The summed E-state index contributed by atoms with van der Waals surface area (Å²) in [6, 6.07) is 0. The molecule has 2 nitrogen and oxygen atoms in total. The van der Waals surface area contributed by atoms with Gasteiger partial charge in [0.25, 0.3) is 5.79 Å². The van der Waals surface area contributed by atoms with E-state index in [-0.39, 0.29) is 0 Å². The van der Waals surface area contributed by atoms with Crippen molar-refractivity contribution in [1.29, 1.82) is 0 Å². The molecule has 2 bridgehead atoms. The van der Waals surface area contributed by atoms with Gasteiger partial charge in [0, 0.05) is 6.08 Å². The van der Waals surface area contributed by atoms with E-state index in [4.69, 9.17) is 0 Å². The maximum Gasteiger partial charge on any atom is 0.486 e. The van der Waals surface area contributed by atoms with Gasteiger partial charge >= 0.3 is 18.1 Å². The molecule has 0 aromatic carbocycles. The highest BCUT2D eigenvalue weighted by molar-refractivity contribution is 5.33. The fourth-order valence-corrected chi connectivity index (χ4v) is 1.44. The van der Waals surface area contributed by atoms with Crippen LogP contribution in [0.2, 0.25) is 0 Å². The number of fused-ring (bicyclic) bond motifs is 2. The molecule has 16 heavy (non-hydrogen) atoms. The number of nitrogens with zero attached hydrogens (tertiary/aromatic N) is 1. The summed E-state index contributed by atoms with van der Waals surface area (Å²) in [6.45, 7) is 0. The van der Waals surface area contributed by atoms with E-state index < -0.39 is 40.8 Å². The average Bonchev–Trinajstić information content (AvgIpc) is 2.30. The van der Waals surface area contributed by atoms with Gasteiger partial charge in [-0.3, -0.25) is 0 Å². The van der Waals surface area contributed by atoms with E-state index >= 15 is 0 Å². The van der Waals surface area contributed by atoms with Crippen molar-refractivity contribution in [1.82, 2.24) is 5.06 Å². The molecular formula is C6HF8NO. The highest BCUT2D eigenvalue weighted by atomic mass is 19.4. The number of hydrogen-bond donors (Lipinski definition) is 0. The first-order chi connectivity index (χ1) is 6.97. The number of alkyl halides is 7. The van der Waals surface area contributed by atoms with Gasteiger partial charge in [-0.15, -0.1) is 0 Å². The average molecular weight is 255 g/mol. The van der Waals surface area contributed by atoms with Gasteiger partial charge < -0.3 is 0 Å². The first kappa shape index (κ1) is 11.6. The molecule has 2 atom stereocenters. The van der Waals surface area contributed by atoms with Crippen LogP contribution in [0.25, 0.3) is 0 Å². The minimum atomic E-state index is -5.73. The molecule has 10 heteroatoms. The number of hydroxylamine groups is 2. The second-order valence-corrected chi connectivity index (χ2v) is 3.19. The summed E-state index contributed by atoms with van der Waals surface area (Å²) in [4.78, 5) is 3.02. The van der Waals surface area contributed by atoms with Crippen molar-refractivity contribution in [3.05, 3.63) is 11.9 Å². The Morgan fingerprint density at radius 3 is 1.88 bits per heavy atom. The minimum absolute atomic E-state index is 0.788. The number of hydrogen-bond acceptors (Lipinski definition) is 2. The van der Waals surface area contributed by atoms with Crippen LogP contribution in [0.15, 0.2) is 11.9 Å². The lowest BCUT2D eigenvalue weighted by Crippen LogP contribution is -2.53. The molecule has 0 aromatic rings. The Bertz CT molecular complexity index is 377. The third-order valence-corrected chi connectivity index (χ3v) is 2.21. The van der Waals surface area contributed by atoms with E-state index in [9.17, 15) is 35.1 Å². The van der Waals surface area contributed by atoms with Crippen molar-refractivity contribution in [3.63, 3.8) is 0 Å². The first-order valence-corrected chi connectivity index (χ1v) is 3.67. The zero-order valence-electron chi connectivity index (χ0n) is 6.96. The highest BCUT2D eigenvalue weighted by Gasteiger charge is 2.88. The summed E-state index contributed by atoms with van der Waals surface area (Å²) in [6.07, 6.45) is -6.52. The van der Waals surface area contributed by atoms with Crippen LogP contribution in [0.1, 0.15) is 0 Å². The SMILES string of the molecule is FC1=CC2(F)N(C(F)(F)F)OC1(F)C2(F)F. The van der Waals surface area contributed by atoms with Gasteiger partial charge in [0.05, 0.1) is 0 Å². The van der Waals surface area contributed by atoms with Crippen molar-refractivity contribution in [2.45, 2.75) is 23.9 Å². The molecule has 0 aromatic heterocycles. The largest absolute Gasteiger partial charge is 0.486 e. The fourth-order valence-electron chi connectivity index (χ4n) is 1.44. The summed E-state index contributed by atoms with van der Waals surface area (Å²) >= 11 is 0. The Morgan fingerprint density at radius 1 is 1.12 bits per heavy atom. The molecule has 92 valence electrons. The van der Waals surface area contributed by atoms with Crippen LogP contribution in [0.4, 0.5) is 35.1 Å². The summed E-state index contributed by atoms with van der Waals surface area (Å²) in [5, 5.41) is -1.84. The molecule has 1 aliphatic carbocycles. The van der Waals surface area contributed by atoms with Crippen molar-refractivity contribution >= 4 is 0 Å². The monoisotopic (exact) mass is 255 g/mol. The van der Waals surface area contributed by atoms with Gasteiger partial charge in [-0.25, -0.2) is 13.6 Å². The fraction of sp³-hybridized carbons (Fsp3) is 0.667. The van der Waals surface area contributed by atoms with Crippen LogP contribution in [0, 0.1) is 0 Å². The Labute approximate surface area is 82.0 Å². The van der Waals surface area contributed by atoms with Crippen molar-refractivity contribution in [2.24, 2.45) is 0 Å². The first-order valence-electron chi connectivity index (χ1n) is 3.67. The lowest BCUT2D eigenvalue weighted by atomic mass is 10.1. The van der Waals surface area contributed by atoms with Crippen molar-refractivity contribution in [3.8, 4) is 0 Å². The summed E-state index contributed by atoms with van der Waals surface area (Å²) in [5.74, 6) is -17.2. The van der Waals surface area contributed by atoms with Crippen molar-refractivity contribution in [2.75, 3.05) is 0 Å². The maximum absolute atomic E-state index is 13.3. The smallest absolute Gasteiger partial charge is 0.233 e. The summed E-state index contributed by atoms with van der Waals surface area (Å²) < 4.78 is 101. The van der Waals surface area contributed by atoms with Crippen LogP contribution in [-0.4, -0.2) is 28.9 Å². The van der Waals surface area contributed by atoms with Gasteiger partial charge in [0.1, 0.15) is 0 Å². The number of halogens is 8. The Morgan fingerprint density at radius 2 is 1.62 bits per heavy atom. The van der Waals surface area contributed by atoms with Crippen LogP contribution in [-0.2, 0) is 4.84 Å². The third-order valence-electron chi connectivity index (χ3n) is 2.21. The molecule has 0 amide bonds. The van der Waals surface area contributed by atoms with Crippen LogP contribution in [0.5, 0.6) is 0 Å². The molecule has 0 N–H and O–H groups in total. The Hall–Kier alpha value is -0.900. The maximum atomic E-state index is 13.3. The predicted octanol–water partition coefficient (Wildman–Crippen LogP) is 2.59. The predicted molar refractivity (Wildman–Crippen MR) is 30.8 cm³/mol. The Balaban J connectivity index is 2.57. The van der Waals surface area contributed by atoms with Crippen LogP contribution >= 0.6 is 0 Å². The van der Waals surface area contributed by atoms with Gasteiger partial charge in [-0.1, -0.05) is 0 Å². The molecule has 1 aliphatic heterocycles. The Kier molecular flexibility index (Phi) is 1.81. The van der Waals surface area contributed by atoms with Crippen LogP contribution in [0.3, 0.4) is 0 Å². The van der Waals surface area contributed by atoms with Gasteiger partial charge in [-0.2, -0.15) is 26.3 Å². The summed E-state index contributed by atoms with van der Waals surface area (Å²) in [5.41, 5.74) is 0. The topological polar surface area (TPSA) is 12.5 Å². The van der Waals surface area contributed by atoms with E-state index in [0.717, 1.165) is 0 Å². The lowest BCUT2D eigenvalue weighted by molar-refractivity contribution is -0.421. The van der Waals surface area contributed by atoms with Crippen LogP contribution < -0.4 is 0 Å². The molecule has 0 spiro atoms. The zero-order valence-corrected chi connectivity index (χ0v) is 6.96. The molecule has 1 saturated heterocycles. The molecule has 2 aliphatic rings. The molecule has 1 heterocycles. The molecule has 2 rings (SSSR count). The number of rotatable bonds is 0. The van der Waals surface area contributed by atoms with E-state index in [1.165, 1.54) is 0 Å². The molecular weight excluding hydrogens is 254 g/mol. The molecule has 1 fully saturated rings. The molecule has 2 unspecified atom stereocenters. The standard InChI is InChI=1S/C6HF8NO/c7-2-1-3(8)5(10,11)4(2,9)16-15(3)6(12,13)14/h1H. The lowest BCUT2D eigenvalue weighted by Gasteiger charge is -2.28. The molecule has 0 radical (unpaired) electrons. The second kappa shape index (κ2) is 2.50. The summed E-state index contributed by atoms with van der Waals surface area (Å²) in [7, 11) is 0. The van der Waals surface area contributed by atoms with E-state index in [1.807, 2.05) is 0 Å². The molecule has 0 saturated carbocycles.